The third-order valence-electron chi connectivity index (χ3n) is 3.01. The van der Waals surface area contributed by atoms with Gasteiger partial charge >= 0.3 is 0 Å². The van der Waals surface area contributed by atoms with Gasteiger partial charge in [-0.25, -0.2) is 13.8 Å². The first-order valence-electron chi connectivity index (χ1n) is 6.92. The predicted octanol–water partition coefficient (Wildman–Crippen LogP) is 3.81. The molecule has 0 aliphatic heterocycles. The summed E-state index contributed by atoms with van der Waals surface area (Å²) in [5.74, 6) is -0.916. The van der Waals surface area contributed by atoms with Crippen molar-refractivity contribution in [3.8, 4) is 0 Å². The van der Waals surface area contributed by atoms with Gasteiger partial charge in [0.2, 0.25) is 0 Å². The number of rotatable bonds is 8. The quantitative estimate of drug-likeness (QED) is 0.779. The SMILES string of the molecule is CCCCN(CCCC)c1nc(NC)c(F)cc1F. The third-order valence-corrected chi connectivity index (χ3v) is 3.01. The highest BCUT2D eigenvalue weighted by Crippen LogP contribution is 2.23. The molecule has 1 heterocycles. The fourth-order valence-electron chi connectivity index (χ4n) is 1.88. The summed E-state index contributed by atoms with van der Waals surface area (Å²) < 4.78 is 27.3. The molecule has 0 atom stereocenters. The summed E-state index contributed by atoms with van der Waals surface area (Å²) in [6, 6.07) is 0.902. The molecule has 0 amide bonds. The molecule has 1 N–H and O–H groups in total. The Morgan fingerprint density at radius 2 is 1.68 bits per heavy atom. The minimum atomic E-state index is -0.658. The second kappa shape index (κ2) is 7.92. The second-order valence-corrected chi connectivity index (χ2v) is 4.57. The molecule has 0 bridgehead atoms. The molecule has 1 aromatic heterocycles. The molecule has 19 heavy (non-hydrogen) atoms. The molecule has 0 unspecified atom stereocenters. The first-order valence-corrected chi connectivity index (χ1v) is 6.92. The lowest BCUT2D eigenvalue weighted by atomic mass is 10.2. The Morgan fingerprint density at radius 3 is 2.16 bits per heavy atom. The second-order valence-electron chi connectivity index (χ2n) is 4.57. The molecule has 0 radical (unpaired) electrons. The van der Waals surface area contributed by atoms with Crippen molar-refractivity contribution in [2.75, 3.05) is 30.4 Å². The van der Waals surface area contributed by atoms with Crippen molar-refractivity contribution in [2.24, 2.45) is 0 Å². The number of nitrogens with zero attached hydrogens (tertiary/aromatic N) is 2. The Morgan fingerprint density at radius 1 is 1.11 bits per heavy atom. The van der Waals surface area contributed by atoms with E-state index in [9.17, 15) is 8.78 Å². The predicted molar refractivity (Wildman–Crippen MR) is 75.7 cm³/mol. The Balaban J connectivity index is 2.98. The third kappa shape index (κ3) is 4.33. The number of anilines is 2. The van der Waals surface area contributed by atoms with E-state index in [4.69, 9.17) is 0 Å². The molecule has 0 saturated heterocycles. The highest BCUT2D eigenvalue weighted by atomic mass is 19.1. The molecule has 3 nitrogen and oxygen atoms in total. The molecule has 0 aromatic carbocycles. The van der Waals surface area contributed by atoms with Crippen LogP contribution in [0.25, 0.3) is 0 Å². The zero-order valence-electron chi connectivity index (χ0n) is 12.0. The number of unbranched alkanes of at least 4 members (excludes halogenated alkanes) is 2. The lowest BCUT2D eigenvalue weighted by Gasteiger charge is -2.24. The summed E-state index contributed by atoms with van der Waals surface area (Å²) in [5.41, 5.74) is 0. The Kier molecular flexibility index (Phi) is 6.53. The summed E-state index contributed by atoms with van der Waals surface area (Å²) >= 11 is 0. The fourth-order valence-corrected chi connectivity index (χ4v) is 1.88. The van der Waals surface area contributed by atoms with Crippen molar-refractivity contribution in [2.45, 2.75) is 39.5 Å². The maximum Gasteiger partial charge on any atom is 0.168 e. The van der Waals surface area contributed by atoms with E-state index in [1.807, 2.05) is 4.90 Å². The standard InChI is InChI=1S/C14H23F2N3/c1-4-6-8-19(9-7-5-2)14-12(16)10-11(15)13(17-3)18-14/h10H,4-9H2,1-3H3,(H,17,18). The van der Waals surface area contributed by atoms with Gasteiger partial charge in [-0.3, -0.25) is 0 Å². The Bertz CT molecular complexity index is 389. The van der Waals surface area contributed by atoms with Crippen molar-refractivity contribution >= 4 is 11.6 Å². The Labute approximate surface area is 114 Å². The van der Waals surface area contributed by atoms with Crippen LogP contribution in [0.2, 0.25) is 0 Å². The van der Waals surface area contributed by atoms with Crippen LogP contribution in [-0.2, 0) is 0 Å². The van der Waals surface area contributed by atoms with Gasteiger partial charge in [-0.1, -0.05) is 26.7 Å². The molecule has 0 saturated carbocycles. The monoisotopic (exact) mass is 271 g/mol. The van der Waals surface area contributed by atoms with Crippen LogP contribution in [0.3, 0.4) is 0 Å². The summed E-state index contributed by atoms with van der Waals surface area (Å²) in [5, 5.41) is 2.65. The van der Waals surface area contributed by atoms with Crippen LogP contribution in [0, 0.1) is 11.6 Å². The summed E-state index contributed by atoms with van der Waals surface area (Å²) in [6.07, 6.45) is 4.00. The largest absolute Gasteiger partial charge is 0.371 e. The van der Waals surface area contributed by atoms with Crippen LogP contribution < -0.4 is 10.2 Å². The average Bonchev–Trinajstić information content (AvgIpc) is 2.40. The van der Waals surface area contributed by atoms with E-state index in [1.54, 1.807) is 7.05 Å². The summed E-state index contributed by atoms with van der Waals surface area (Å²) in [6.45, 7) is 5.67. The molecule has 0 spiro atoms. The minimum absolute atomic E-state index is 0.0920. The van der Waals surface area contributed by atoms with E-state index in [-0.39, 0.29) is 11.6 Å². The van der Waals surface area contributed by atoms with Crippen LogP contribution in [-0.4, -0.2) is 25.1 Å². The van der Waals surface area contributed by atoms with Crippen molar-refractivity contribution in [1.29, 1.82) is 0 Å². The highest BCUT2D eigenvalue weighted by molar-refractivity contribution is 5.49. The molecule has 5 heteroatoms. The van der Waals surface area contributed by atoms with E-state index >= 15 is 0 Å². The molecule has 0 aliphatic rings. The van der Waals surface area contributed by atoms with Gasteiger partial charge in [0.1, 0.15) is 0 Å². The van der Waals surface area contributed by atoms with E-state index in [0.717, 1.165) is 44.8 Å². The molecular weight excluding hydrogens is 248 g/mol. The fraction of sp³-hybridized carbons (Fsp3) is 0.643. The zero-order chi connectivity index (χ0) is 14.3. The van der Waals surface area contributed by atoms with Gasteiger partial charge in [-0.15, -0.1) is 0 Å². The molecule has 1 aromatic rings. The average molecular weight is 271 g/mol. The number of nitrogens with one attached hydrogen (secondary N) is 1. The van der Waals surface area contributed by atoms with Gasteiger partial charge in [0.25, 0.3) is 0 Å². The van der Waals surface area contributed by atoms with E-state index in [2.05, 4.69) is 24.1 Å². The van der Waals surface area contributed by atoms with Crippen LogP contribution in [0.5, 0.6) is 0 Å². The van der Waals surface area contributed by atoms with Gasteiger partial charge in [-0.2, -0.15) is 0 Å². The normalized spacial score (nSPS) is 10.6. The first kappa shape index (κ1) is 15.7. The van der Waals surface area contributed by atoms with Gasteiger partial charge in [0.15, 0.2) is 23.3 Å². The number of aromatic nitrogens is 1. The van der Waals surface area contributed by atoms with Gasteiger partial charge < -0.3 is 10.2 Å². The van der Waals surface area contributed by atoms with Gasteiger partial charge in [-0.05, 0) is 12.8 Å². The summed E-state index contributed by atoms with van der Waals surface area (Å²) in [4.78, 5) is 5.97. The zero-order valence-corrected chi connectivity index (χ0v) is 12.0. The van der Waals surface area contributed by atoms with Crippen LogP contribution in [0.15, 0.2) is 6.07 Å². The molecule has 108 valence electrons. The number of halogens is 2. The number of hydrogen-bond acceptors (Lipinski definition) is 3. The first-order chi connectivity index (χ1) is 9.13. The van der Waals surface area contributed by atoms with E-state index < -0.39 is 11.6 Å². The van der Waals surface area contributed by atoms with Crippen LogP contribution in [0.1, 0.15) is 39.5 Å². The molecule has 0 fully saturated rings. The van der Waals surface area contributed by atoms with Gasteiger partial charge in [0, 0.05) is 26.2 Å². The number of pyridine rings is 1. The van der Waals surface area contributed by atoms with Crippen LogP contribution >= 0.6 is 0 Å². The lowest BCUT2D eigenvalue weighted by Crippen LogP contribution is -2.28. The minimum Gasteiger partial charge on any atom is -0.371 e. The van der Waals surface area contributed by atoms with Crippen LogP contribution in [0.4, 0.5) is 20.4 Å². The van der Waals surface area contributed by atoms with Gasteiger partial charge in [0.05, 0.1) is 0 Å². The van der Waals surface area contributed by atoms with E-state index in [0.29, 0.717) is 0 Å². The summed E-state index contributed by atoms with van der Waals surface area (Å²) in [7, 11) is 1.58. The highest BCUT2D eigenvalue weighted by Gasteiger charge is 2.16. The molecular formula is C14H23F2N3. The maximum absolute atomic E-state index is 13.9. The van der Waals surface area contributed by atoms with Crippen molar-refractivity contribution in [1.82, 2.24) is 4.98 Å². The topological polar surface area (TPSA) is 28.2 Å². The van der Waals surface area contributed by atoms with E-state index in [1.165, 1.54) is 0 Å². The lowest BCUT2D eigenvalue weighted by molar-refractivity contribution is 0.564. The van der Waals surface area contributed by atoms with Crippen molar-refractivity contribution in [3.05, 3.63) is 17.7 Å². The Hall–Kier alpha value is -1.39. The molecule has 1 rings (SSSR count). The van der Waals surface area contributed by atoms with Crippen molar-refractivity contribution in [3.63, 3.8) is 0 Å². The smallest absolute Gasteiger partial charge is 0.168 e. The van der Waals surface area contributed by atoms with Crippen molar-refractivity contribution < 1.29 is 8.78 Å². The number of hydrogen-bond donors (Lipinski definition) is 1. The maximum atomic E-state index is 13.9. The molecule has 0 aliphatic carbocycles.